The van der Waals surface area contributed by atoms with Crippen LogP contribution < -0.4 is 5.32 Å². The quantitative estimate of drug-likeness (QED) is 0.574. The van der Waals surface area contributed by atoms with E-state index in [2.05, 4.69) is 10.3 Å². The normalized spacial score (nSPS) is 15.5. The van der Waals surface area contributed by atoms with Crippen LogP contribution in [0.2, 0.25) is 5.15 Å². The van der Waals surface area contributed by atoms with Crippen molar-refractivity contribution in [1.82, 2.24) is 19.6 Å². The smallest absolute Gasteiger partial charge is 0.293 e. The molecular formula is C22H17ClN4O3S. The van der Waals surface area contributed by atoms with Crippen LogP contribution in [0.15, 0.2) is 65.7 Å². The summed E-state index contributed by atoms with van der Waals surface area (Å²) in [7, 11) is 0. The molecule has 0 bridgehead atoms. The van der Waals surface area contributed by atoms with Gasteiger partial charge in [0, 0.05) is 25.4 Å². The maximum absolute atomic E-state index is 12.5. The van der Waals surface area contributed by atoms with Crippen LogP contribution in [0.25, 0.3) is 17.8 Å². The Labute approximate surface area is 187 Å². The molecular weight excluding hydrogens is 436 g/mol. The van der Waals surface area contributed by atoms with E-state index in [-0.39, 0.29) is 30.1 Å². The van der Waals surface area contributed by atoms with Gasteiger partial charge in [-0.1, -0.05) is 48.0 Å². The summed E-state index contributed by atoms with van der Waals surface area (Å²) in [4.78, 5) is 42.5. The summed E-state index contributed by atoms with van der Waals surface area (Å²) in [5.74, 6) is -0.727. The molecule has 0 radical (unpaired) electrons. The molecule has 3 amide bonds. The molecule has 0 unspecified atom stereocenters. The van der Waals surface area contributed by atoms with Crippen molar-refractivity contribution in [2.45, 2.75) is 0 Å². The molecule has 31 heavy (non-hydrogen) atoms. The van der Waals surface area contributed by atoms with Gasteiger partial charge in [-0.3, -0.25) is 23.7 Å². The van der Waals surface area contributed by atoms with Crippen molar-refractivity contribution in [1.29, 1.82) is 0 Å². The van der Waals surface area contributed by atoms with Crippen molar-refractivity contribution < 1.29 is 14.4 Å². The van der Waals surface area contributed by atoms with Gasteiger partial charge in [-0.05, 0) is 41.6 Å². The highest BCUT2D eigenvalue weighted by atomic mass is 35.5. The fraction of sp³-hybridized carbons (Fsp3) is 0.0909. The number of amides is 3. The topological polar surface area (TPSA) is 83.8 Å². The number of carbonyl (C=O) groups is 3. The van der Waals surface area contributed by atoms with Gasteiger partial charge in [0.25, 0.3) is 11.1 Å². The lowest BCUT2D eigenvalue weighted by molar-refractivity contribution is -0.123. The van der Waals surface area contributed by atoms with Crippen molar-refractivity contribution >= 4 is 58.2 Å². The van der Waals surface area contributed by atoms with Crippen LogP contribution in [0.3, 0.4) is 0 Å². The molecule has 0 aliphatic carbocycles. The van der Waals surface area contributed by atoms with Crippen molar-refractivity contribution in [2.24, 2.45) is 0 Å². The first kappa shape index (κ1) is 20.9. The van der Waals surface area contributed by atoms with E-state index >= 15 is 0 Å². The molecule has 0 atom stereocenters. The fourth-order valence-corrected chi connectivity index (χ4v) is 4.14. The van der Waals surface area contributed by atoms with E-state index in [4.69, 9.17) is 11.6 Å². The van der Waals surface area contributed by atoms with E-state index in [0.717, 1.165) is 22.2 Å². The number of aromatic nitrogens is 2. The second-order valence-electron chi connectivity index (χ2n) is 6.59. The monoisotopic (exact) mass is 452 g/mol. The minimum atomic E-state index is -0.367. The maximum Gasteiger partial charge on any atom is 0.293 e. The Morgan fingerprint density at radius 1 is 1.13 bits per heavy atom. The number of fused-ring (bicyclic) bond motifs is 1. The minimum Gasteiger partial charge on any atom is -0.351 e. The van der Waals surface area contributed by atoms with Gasteiger partial charge < -0.3 is 5.32 Å². The number of halogens is 1. The predicted octanol–water partition coefficient (Wildman–Crippen LogP) is 3.85. The van der Waals surface area contributed by atoms with Gasteiger partial charge in [0.05, 0.1) is 10.6 Å². The first-order valence-corrected chi connectivity index (χ1v) is 10.6. The largest absolute Gasteiger partial charge is 0.351 e. The highest BCUT2D eigenvalue weighted by Gasteiger charge is 2.34. The number of imidazole rings is 1. The zero-order valence-corrected chi connectivity index (χ0v) is 17.8. The lowest BCUT2D eigenvalue weighted by Gasteiger charge is -2.12. The molecule has 4 rings (SSSR count). The maximum atomic E-state index is 12.5. The van der Waals surface area contributed by atoms with Gasteiger partial charge in [-0.25, -0.2) is 4.98 Å². The summed E-state index contributed by atoms with van der Waals surface area (Å²) in [5.41, 5.74) is 2.11. The molecule has 2 aromatic heterocycles. The zero-order valence-electron chi connectivity index (χ0n) is 16.2. The fourth-order valence-electron chi connectivity index (χ4n) is 3.03. The average Bonchev–Trinajstić information content (AvgIpc) is 3.22. The molecule has 9 heteroatoms. The first-order chi connectivity index (χ1) is 15.0. The van der Waals surface area contributed by atoms with Crippen LogP contribution >= 0.6 is 23.4 Å². The molecule has 1 N–H and O–H groups in total. The number of benzene rings is 1. The van der Waals surface area contributed by atoms with Gasteiger partial charge in [-0.2, -0.15) is 0 Å². The lowest BCUT2D eigenvalue weighted by atomic mass is 10.2. The van der Waals surface area contributed by atoms with Crippen LogP contribution in [0.1, 0.15) is 11.3 Å². The summed E-state index contributed by atoms with van der Waals surface area (Å²) < 4.78 is 1.77. The number of nitrogens with zero attached hydrogens (tertiary/aromatic N) is 3. The lowest BCUT2D eigenvalue weighted by Crippen LogP contribution is -2.36. The summed E-state index contributed by atoms with van der Waals surface area (Å²) in [6.07, 6.45) is 6.40. The van der Waals surface area contributed by atoms with Crippen molar-refractivity contribution in [2.75, 3.05) is 13.1 Å². The van der Waals surface area contributed by atoms with E-state index < -0.39 is 0 Å². The summed E-state index contributed by atoms with van der Waals surface area (Å²) in [6, 6.07) is 14.8. The van der Waals surface area contributed by atoms with Crippen molar-refractivity contribution in [3.63, 3.8) is 0 Å². The molecule has 3 heterocycles. The Balaban J connectivity index is 1.33. The molecule has 0 saturated carbocycles. The Kier molecular flexibility index (Phi) is 6.20. The Morgan fingerprint density at radius 3 is 2.71 bits per heavy atom. The standard InChI is InChI=1S/C22H17ClN4O3S/c23-20-16(26-12-5-4-8-18(26)25-20)9-10-19(28)24-11-13-27-21(29)17(31-22(27)30)14-15-6-2-1-3-7-15/h1-10,12,14H,11,13H2,(H,24,28). The van der Waals surface area contributed by atoms with Gasteiger partial charge >= 0.3 is 0 Å². The molecule has 1 aliphatic heterocycles. The van der Waals surface area contributed by atoms with Crippen LogP contribution in [0, 0.1) is 0 Å². The highest BCUT2D eigenvalue weighted by molar-refractivity contribution is 8.18. The minimum absolute atomic E-state index is 0.0900. The molecule has 156 valence electrons. The number of rotatable bonds is 6. The SMILES string of the molecule is O=C(C=Cc1c(Cl)nc2ccccn12)NCCN1C(=O)SC(=Cc2ccccc2)C1=O. The first-order valence-electron chi connectivity index (χ1n) is 9.42. The number of carbonyl (C=O) groups excluding carboxylic acids is 3. The van der Waals surface area contributed by atoms with Crippen molar-refractivity contribution in [3.8, 4) is 0 Å². The molecule has 0 spiro atoms. The van der Waals surface area contributed by atoms with Crippen molar-refractivity contribution in [3.05, 3.63) is 82.1 Å². The second-order valence-corrected chi connectivity index (χ2v) is 7.94. The van der Waals surface area contributed by atoms with Crippen LogP contribution in [-0.4, -0.2) is 44.4 Å². The summed E-state index contributed by atoms with van der Waals surface area (Å²) in [6.45, 7) is 0.230. The number of nitrogens with one attached hydrogen (secondary N) is 1. The number of thioether (sulfide) groups is 1. The van der Waals surface area contributed by atoms with E-state index in [1.54, 1.807) is 22.7 Å². The highest BCUT2D eigenvalue weighted by Crippen LogP contribution is 2.31. The third kappa shape index (κ3) is 4.70. The van der Waals surface area contributed by atoms with E-state index in [1.165, 1.54) is 6.08 Å². The summed E-state index contributed by atoms with van der Waals surface area (Å²) >= 11 is 7.04. The number of pyridine rings is 1. The van der Waals surface area contributed by atoms with E-state index in [0.29, 0.717) is 21.4 Å². The predicted molar refractivity (Wildman–Crippen MR) is 121 cm³/mol. The Hall–Kier alpha value is -3.36. The Bertz CT molecular complexity index is 1220. The second kappa shape index (κ2) is 9.20. The molecule has 1 aliphatic rings. The third-order valence-electron chi connectivity index (χ3n) is 4.52. The molecule has 1 aromatic carbocycles. The number of imide groups is 1. The van der Waals surface area contributed by atoms with Gasteiger partial charge in [0.15, 0.2) is 5.15 Å². The van der Waals surface area contributed by atoms with E-state index in [9.17, 15) is 14.4 Å². The molecule has 3 aromatic rings. The third-order valence-corrected chi connectivity index (χ3v) is 5.71. The molecule has 1 saturated heterocycles. The summed E-state index contributed by atoms with van der Waals surface area (Å²) in [5, 5.41) is 2.61. The number of hydrogen-bond acceptors (Lipinski definition) is 5. The zero-order chi connectivity index (χ0) is 21.8. The molecule has 7 nitrogen and oxygen atoms in total. The van der Waals surface area contributed by atoms with Gasteiger partial charge in [0.2, 0.25) is 5.91 Å². The number of hydrogen-bond donors (Lipinski definition) is 1. The van der Waals surface area contributed by atoms with E-state index in [1.807, 2.05) is 48.5 Å². The van der Waals surface area contributed by atoms with Crippen LogP contribution in [0.4, 0.5) is 4.79 Å². The van der Waals surface area contributed by atoms with Crippen LogP contribution in [-0.2, 0) is 9.59 Å². The average molecular weight is 453 g/mol. The van der Waals surface area contributed by atoms with Gasteiger partial charge in [-0.15, -0.1) is 0 Å². The van der Waals surface area contributed by atoms with Gasteiger partial charge in [0.1, 0.15) is 5.65 Å². The Morgan fingerprint density at radius 2 is 1.90 bits per heavy atom. The van der Waals surface area contributed by atoms with Crippen LogP contribution in [0.5, 0.6) is 0 Å². The molecule has 1 fully saturated rings.